The molecule has 0 spiro atoms. The van der Waals surface area contributed by atoms with Crippen LogP contribution in [0.5, 0.6) is 0 Å². The maximum atomic E-state index is 8.82. The number of nitrogens with zero attached hydrogens (tertiary/aromatic N) is 3. The number of likely N-dealkylation sites (tertiary alicyclic amines) is 1. The van der Waals surface area contributed by atoms with Gasteiger partial charge in [0.15, 0.2) is 6.39 Å². The number of aromatic nitrogens is 1. The van der Waals surface area contributed by atoms with Crippen molar-refractivity contribution < 1.29 is 4.42 Å². The largest absolute Gasteiger partial charge is 0.451 e. The van der Waals surface area contributed by atoms with Gasteiger partial charge in [-0.25, -0.2) is 4.98 Å². The van der Waals surface area contributed by atoms with Crippen molar-refractivity contribution in [3.05, 3.63) is 18.4 Å². The summed E-state index contributed by atoms with van der Waals surface area (Å²) in [5.74, 6) is 0.190. The van der Waals surface area contributed by atoms with Crippen molar-refractivity contribution in [1.82, 2.24) is 9.88 Å². The molecule has 0 aliphatic carbocycles. The molecule has 0 unspecified atom stereocenters. The van der Waals surface area contributed by atoms with Crippen LogP contribution in [-0.4, -0.2) is 23.0 Å². The molecule has 1 fully saturated rings. The van der Waals surface area contributed by atoms with E-state index < -0.39 is 0 Å². The zero-order chi connectivity index (χ0) is 9.80. The molecule has 1 atom stereocenters. The first-order chi connectivity index (χ1) is 6.88. The Labute approximate surface area is 83.1 Å². The number of nitriles is 1. The minimum Gasteiger partial charge on any atom is -0.451 e. The molecule has 1 aromatic heterocycles. The van der Waals surface area contributed by atoms with Crippen LogP contribution in [0.1, 0.15) is 18.5 Å². The highest BCUT2D eigenvalue weighted by molar-refractivity contribution is 4.94. The third-order valence-corrected chi connectivity index (χ3v) is 2.56. The Kier molecular flexibility index (Phi) is 2.80. The molecule has 1 aliphatic rings. The first-order valence-corrected chi connectivity index (χ1v) is 4.87. The Balaban J connectivity index is 1.90. The van der Waals surface area contributed by atoms with Gasteiger partial charge in [0.2, 0.25) is 0 Å². The van der Waals surface area contributed by atoms with Crippen LogP contribution in [-0.2, 0) is 6.54 Å². The molecule has 2 heterocycles. The van der Waals surface area contributed by atoms with Gasteiger partial charge in [-0.3, -0.25) is 4.90 Å². The summed E-state index contributed by atoms with van der Waals surface area (Å²) in [4.78, 5) is 6.33. The Hall–Kier alpha value is -1.34. The molecule has 74 valence electrons. The molecule has 1 aromatic rings. The van der Waals surface area contributed by atoms with E-state index in [1.54, 1.807) is 6.26 Å². The lowest BCUT2D eigenvalue weighted by atomic mass is 10.00. The molecular weight excluding hydrogens is 178 g/mol. The molecule has 0 bridgehead atoms. The van der Waals surface area contributed by atoms with E-state index in [4.69, 9.17) is 9.68 Å². The van der Waals surface area contributed by atoms with Gasteiger partial charge in [-0.2, -0.15) is 5.26 Å². The van der Waals surface area contributed by atoms with Crippen molar-refractivity contribution in [3.63, 3.8) is 0 Å². The summed E-state index contributed by atoms with van der Waals surface area (Å²) in [5.41, 5.74) is 0.948. The predicted octanol–water partition coefficient (Wildman–Crippen LogP) is 1.41. The van der Waals surface area contributed by atoms with Gasteiger partial charge in [0.1, 0.15) is 6.26 Å². The summed E-state index contributed by atoms with van der Waals surface area (Å²) in [6.07, 6.45) is 5.25. The third kappa shape index (κ3) is 2.12. The second-order valence-corrected chi connectivity index (χ2v) is 3.68. The maximum Gasteiger partial charge on any atom is 0.180 e. The summed E-state index contributed by atoms with van der Waals surface area (Å²) >= 11 is 0. The van der Waals surface area contributed by atoms with Crippen molar-refractivity contribution >= 4 is 0 Å². The van der Waals surface area contributed by atoms with Gasteiger partial charge < -0.3 is 4.42 Å². The quantitative estimate of drug-likeness (QED) is 0.709. The lowest BCUT2D eigenvalue weighted by Crippen LogP contribution is -2.34. The lowest BCUT2D eigenvalue weighted by Gasteiger charge is -2.28. The zero-order valence-corrected chi connectivity index (χ0v) is 8.02. The Bertz CT molecular complexity index is 315. The summed E-state index contributed by atoms with van der Waals surface area (Å²) in [6.45, 7) is 2.73. The smallest absolute Gasteiger partial charge is 0.180 e. The van der Waals surface area contributed by atoms with Crippen molar-refractivity contribution in [2.75, 3.05) is 13.1 Å². The van der Waals surface area contributed by atoms with Gasteiger partial charge >= 0.3 is 0 Å². The van der Waals surface area contributed by atoms with Gasteiger partial charge in [0.25, 0.3) is 0 Å². The molecule has 14 heavy (non-hydrogen) atoms. The number of piperidine rings is 1. The van der Waals surface area contributed by atoms with E-state index in [0.29, 0.717) is 0 Å². The van der Waals surface area contributed by atoms with Gasteiger partial charge in [-0.1, -0.05) is 0 Å². The van der Waals surface area contributed by atoms with Crippen LogP contribution in [0.3, 0.4) is 0 Å². The normalized spacial score (nSPS) is 23.2. The molecule has 0 radical (unpaired) electrons. The molecule has 0 aromatic carbocycles. The van der Waals surface area contributed by atoms with E-state index in [-0.39, 0.29) is 5.92 Å². The highest BCUT2D eigenvalue weighted by Gasteiger charge is 2.19. The van der Waals surface area contributed by atoms with Crippen LogP contribution in [0.2, 0.25) is 0 Å². The van der Waals surface area contributed by atoms with Crippen LogP contribution < -0.4 is 0 Å². The second kappa shape index (κ2) is 4.25. The first-order valence-electron chi connectivity index (χ1n) is 4.87. The van der Waals surface area contributed by atoms with Crippen LogP contribution in [0.15, 0.2) is 17.1 Å². The molecule has 4 heteroatoms. The number of oxazole rings is 1. The number of hydrogen-bond acceptors (Lipinski definition) is 4. The average Bonchev–Trinajstić information content (AvgIpc) is 2.71. The summed E-state index contributed by atoms with van der Waals surface area (Å²) < 4.78 is 4.91. The third-order valence-electron chi connectivity index (χ3n) is 2.56. The van der Waals surface area contributed by atoms with Crippen molar-refractivity contribution in [2.24, 2.45) is 5.92 Å². The molecule has 0 amide bonds. The number of hydrogen-bond donors (Lipinski definition) is 0. The molecule has 1 saturated heterocycles. The lowest BCUT2D eigenvalue weighted by molar-refractivity contribution is 0.190. The van der Waals surface area contributed by atoms with Crippen LogP contribution in [0.4, 0.5) is 0 Å². The predicted molar refractivity (Wildman–Crippen MR) is 50.1 cm³/mol. The summed E-state index contributed by atoms with van der Waals surface area (Å²) in [7, 11) is 0. The van der Waals surface area contributed by atoms with Crippen LogP contribution in [0, 0.1) is 17.2 Å². The van der Waals surface area contributed by atoms with Gasteiger partial charge in [0.05, 0.1) is 17.7 Å². The van der Waals surface area contributed by atoms with E-state index in [1.165, 1.54) is 6.39 Å². The molecule has 4 nitrogen and oxygen atoms in total. The van der Waals surface area contributed by atoms with Gasteiger partial charge in [0, 0.05) is 13.1 Å². The highest BCUT2D eigenvalue weighted by Crippen LogP contribution is 2.17. The number of rotatable bonds is 2. The van der Waals surface area contributed by atoms with E-state index >= 15 is 0 Å². The van der Waals surface area contributed by atoms with E-state index in [0.717, 1.165) is 38.2 Å². The van der Waals surface area contributed by atoms with Crippen molar-refractivity contribution in [3.8, 4) is 6.07 Å². The highest BCUT2D eigenvalue weighted by atomic mass is 16.3. The van der Waals surface area contributed by atoms with Gasteiger partial charge in [-0.05, 0) is 19.4 Å². The van der Waals surface area contributed by atoms with Gasteiger partial charge in [-0.15, -0.1) is 0 Å². The van der Waals surface area contributed by atoms with E-state index in [1.807, 2.05) is 0 Å². The monoisotopic (exact) mass is 191 g/mol. The zero-order valence-electron chi connectivity index (χ0n) is 8.02. The summed E-state index contributed by atoms with van der Waals surface area (Å²) in [5, 5.41) is 8.82. The Morgan fingerprint density at radius 3 is 3.36 bits per heavy atom. The fraction of sp³-hybridized carbons (Fsp3) is 0.600. The first kappa shape index (κ1) is 9.22. The fourth-order valence-electron chi connectivity index (χ4n) is 1.85. The Morgan fingerprint density at radius 1 is 1.71 bits per heavy atom. The minimum atomic E-state index is 0.190. The van der Waals surface area contributed by atoms with E-state index in [9.17, 15) is 0 Å². The molecular formula is C10H13N3O. The molecule has 0 N–H and O–H groups in total. The molecule has 0 saturated carbocycles. The molecule has 2 rings (SSSR count). The minimum absolute atomic E-state index is 0.190. The van der Waals surface area contributed by atoms with Crippen molar-refractivity contribution in [1.29, 1.82) is 5.26 Å². The molecule has 1 aliphatic heterocycles. The fourth-order valence-corrected chi connectivity index (χ4v) is 1.85. The SMILES string of the molecule is N#C[C@H]1CCCN(Cc2cocn2)C1. The van der Waals surface area contributed by atoms with Crippen LogP contribution >= 0.6 is 0 Å². The second-order valence-electron chi connectivity index (χ2n) is 3.68. The Morgan fingerprint density at radius 2 is 2.64 bits per heavy atom. The summed E-state index contributed by atoms with van der Waals surface area (Å²) in [6, 6.07) is 2.33. The standard InChI is InChI=1S/C10H13N3O/c11-4-9-2-1-3-13(5-9)6-10-7-14-8-12-10/h7-9H,1-3,5-6H2/t9-/m1/s1. The maximum absolute atomic E-state index is 8.82. The topological polar surface area (TPSA) is 53.1 Å². The van der Waals surface area contributed by atoms with Crippen molar-refractivity contribution in [2.45, 2.75) is 19.4 Å². The van der Waals surface area contributed by atoms with E-state index in [2.05, 4.69) is 16.0 Å². The average molecular weight is 191 g/mol. The van der Waals surface area contributed by atoms with Crippen LogP contribution in [0.25, 0.3) is 0 Å².